The first-order valence-corrected chi connectivity index (χ1v) is 9.40. The molecule has 0 aliphatic carbocycles. The third-order valence-corrected chi connectivity index (χ3v) is 4.59. The van der Waals surface area contributed by atoms with E-state index in [1.165, 1.54) is 11.0 Å². The zero-order chi connectivity index (χ0) is 21.1. The van der Waals surface area contributed by atoms with Crippen LogP contribution in [0.1, 0.15) is 16.1 Å². The molecule has 0 unspecified atom stereocenters. The Hall–Kier alpha value is -4.00. The second-order valence-electron chi connectivity index (χ2n) is 6.97. The van der Waals surface area contributed by atoms with E-state index in [2.05, 4.69) is 10.1 Å². The Kier molecular flexibility index (Phi) is 5.26. The first kappa shape index (κ1) is 19.3. The Labute approximate surface area is 173 Å². The Morgan fingerprint density at radius 3 is 2.77 bits per heavy atom. The molecular formula is C23H20N4O3. The van der Waals surface area contributed by atoms with Crippen molar-refractivity contribution in [3.63, 3.8) is 0 Å². The second kappa shape index (κ2) is 8.16. The van der Waals surface area contributed by atoms with Crippen molar-refractivity contribution < 1.29 is 9.53 Å². The molecule has 0 fully saturated rings. The van der Waals surface area contributed by atoms with Gasteiger partial charge in [-0.05, 0) is 42.5 Å². The average Bonchev–Trinajstić information content (AvgIpc) is 2.78. The highest BCUT2D eigenvalue weighted by atomic mass is 16.5. The number of rotatable bonds is 5. The van der Waals surface area contributed by atoms with Gasteiger partial charge in [0.1, 0.15) is 18.1 Å². The fourth-order valence-electron chi connectivity index (χ4n) is 3.03. The summed E-state index contributed by atoms with van der Waals surface area (Å²) in [5, 5.41) is 5.36. The number of pyridine rings is 1. The molecule has 0 N–H and O–H groups in total. The highest BCUT2D eigenvalue weighted by Gasteiger charge is 2.10. The van der Waals surface area contributed by atoms with Crippen LogP contribution in [-0.2, 0) is 6.61 Å². The summed E-state index contributed by atoms with van der Waals surface area (Å²) in [6.45, 7) is 0.0295. The smallest absolute Gasteiger partial charge is 0.253 e. The first-order chi connectivity index (χ1) is 14.5. The predicted octanol–water partition coefficient (Wildman–Crippen LogP) is 3.06. The van der Waals surface area contributed by atoms with Crippen LogP contribution in [0.4, 0.5) is 0 Å². The maximum atomic E-state index is 12.3. The van der Waals surface area contributed by atoms with Gasteiger partial charge >= 0.3 is 0 Å². The van der Waals surface area contributed by atoms with Gasteiger partial charge in [0, 0.05) is 43.5 Å². The Morgan fingerprint density at radius 2 is 1.93 bits per heavy atom. The van der Waals surface area contributed by atoms with E-state index in [-0.39, 0.29) is 23.6 Å². The van der Waals surface area contributed by atoms with Crippen molar-refractivity contribution in [2.24, 2.45) is 0 Å². The molecule has 0 atom stereocenters. The van der Waals surface area contributed by atoms with E-state index in [1.54, 1.807) is 49.4 Å². The van der Waals surface area contributed by atoms with Crippen molar-refractivity contribution in [2.75, 3.05) is 14.1 Å². The lowest BCUT2D eigenvalue weighted by molar-refractivity contribution is 0.0827. The molecule has 2 heterocycles. The van der Waals surface area contributed by atoms with Crippen LogP contribution in [0.2, 0.25) is 0 Å². The molecule has 0 radical (unpaired) electrons. The van der Waals surface area contributed by atoms with E-state index in [1.807, 2.05) is 36.4 Å². The zero-order valence-corrected chi connectivity index (χ0v) is 16.6. The van der Waals surface area contributed by atoms with Crippen molar-refractivity contribution >= 4 is 16.8 Å². The SMILES string of the molecule is CN(C)C(=O)c1cccc(-n2ccc(=O)c(COc3ccc4ncccc4c3)n2)c1. The van der Waals surface area contributed by atoms with Gasteiger partial charge in [-0.25, -0.2) is 4.68 Å². The first-order valence-electron chi connectivity index (χ1n) is 9.40. The molecule has 1 amide bonds. The molecular weight excluding hydrogens is 380 g/mol. The largest absolute Gasteiger partial charge is 0.487 e. The number of amides is 1. The van der Waals surface area contributed by atoms with Crippen LogP contribution in [0.5, 0.6) is 5.75 Å². The number of hydrogen-bond donors (Lipinski definition) is 0. The third kappa shape index (κ3) is 4.05. The van der Waals surface area contributed by atoms with Crippen LogP contribution < -0.4 is 10.2 Å². The average molecular weight is 400 g/mol. The Morgan fingerprint density at radius 1 is 1.07 bits per heavy atom. The van der Waals surface area contributed by atoms with Crippen molar-refractivity contribution in [1.29, 1.82) is 0 Å². The molecule has 0 saturated heterocycles. The van der Waals surface area contributed by atoms with Gasteiger partial charge in [0.05, 0.1) is 11.2 Å². The summed E-state index contributed by atoms with van der Waals surface area (Å²) in [5.41, 5.74) is 2.15. The number of carbonyl (C=O) groups excluding carboxylic acids is 1. The summed E-state index contributed by atoms with van der Waals surface area (Å²) in [5.74, 6) is 0.526. The molecule has 0 aliphatic rings. The van der Waals surface area contributed by atoms with Gasteiger partial charge in [0.15, 0.2) is 0 Å². The minimum absolute atomic E-state index is 0.0295. The number of aromatic nitrogens is 3. The van der Waals surface area contributed by atoms with Crippen LogP contribution in [0.15, 0.2) is 77.9 Å². The monoisotopic (exact) mass is 400 g/mol. The Bertz CT molecular complexity index is 1280. The summed E-state index contributed by atoms with van der Waals surface area (Å²) >= 11 is 0. The van der Waals surface area contributed by atoms with Gasteiger partial charge in [0.2, 0.25) is 5.43 Å². The molecule has 30 heavy (non-hydrogen) atoms. The number of nitrogens with zero attached hydrogens (tertiary/aromatic N) is 4. The Balaban J connectivity index is 1.58. The van der Waals surface area contributed by atoms with Crippen molar-refractivity contribution in [3.8, 4) is 11.4 Å². The van der Waals surface area contributed by atoms with E-state index in [9.17, 15) is 9.59 Å². The predicted molar refractivity (Wildman–Crippen MR) is 114 cm³/mol. The molecule has 0 saturated carbocycles. The lowest BCUT2D eigenvalue weighted by atomic mass is 10.2. The molecule has 7 heteroatoms. The molecule has 0 bridgehead atoms. The number of fused-ring (bicyclic) bond motifs is 1. The van der Waals surface area contributed by atoms with E-state index >= 15 is 0 Å². The molecule has 7 nitrogen and oxygen atoms in total. The molecule has 150 valence electrons. The van der Waals surface area contributed by atoms with E-state index in [0.29, 0.717) is 17.0 Å². The van der Waals surface area contributed by atoms with Crippen molar-refractivity contribution in [2.45, 2.75) is 6.61 Å². The second-order valence-corrected chi connectivity index (χ2v) is 6.97. The highest BCUT2D eigenvalue weighted by molar-refractivity contribution is 5.94. The van der Waals surface area contributed by atoms with Gasteiger partial charge in [-0.2, -0.15) is 5.10 Å². The van der Waals surface area contributed by atoms with Gasteiger partial charge in [-0.15, -0.1) is 0 Å². The maximum Gasteiger partial charge on any atom is 0.253 e. The molecule has 4 aromatic rings. The van der Waals surface area contributed by atoms with Crippen LogP contribution in [-0.4, -0.2) is 39.7 Å². The zero-order valence-electron chi connectivity index (χ0n) is 16.6. The van der Waals surface area contributed by atoms with Crippen LogP contribution in [0.3, 0.4) is 0 Å². The quantitative estimate of drug-likeness (QED) is 0.515. The highest BCUT2D eigenvalue weighted by Crippen LogP contribution is 2.19. The number of benzene rings is 2. The maximum absolute atomic E-state index is 12.3. The minimum atomic E-state index is -0.214. The summed E-state index contributed by atoms with van der Waals surface area (Å²) in [6, 6.07) is 17.9. The summed E-state index contributed by atoms with van der Waals surface area (Å²) in [4.78, 5) is 30.3. The van der Waals surface area contributed by atoms with Gasteiger partial charge in [0.25, 0.3) is 5.91 Å². The molecule has 4 rings (SSSR count). The molecule has 2 aromatic carbocycles. The molecule has 0 aliphatic heterocycles. The molecule has 2 aromatic heterocycles. The van der Waals surface area contributed by atoms with Gasteiger partial charge < -0.3 is 9.64 Å². The minimum Gasteiger partial charge on any atom is -0.487 e. The van der Waals surface area contributed by atoms with Crippen LogP contribution in [0, 0.1) is 0 Å². The van der Waals surface area contributed by atoms with Gasteiger partial charge in [-0.1, -0.05) is 12.1 Å². The fourth-order valence-corrected chi connectivity index (χ4v) is 3.03. The summed E-state index contributed by atoms with van der Waals surface area (Å²) in [7, 11) is 3.40. The lowest BCUT2D eigenvalue weighted by Crippen LogP contribution is -2.22. The number of carbonyl (C=O) groups is 1. The van der Waals surface area contributed by atoms with Gasteiger partial charge in [-0.3, -0.25) is 14.6 Å². The fraction of sp³-hybridized carbons (Fsp3) is 0.130. The van der Waals surface area contributed by atoms with Crippen LogP contribution >= 0.6 is 0 Å². The van der Waals surface area contributed by atoms with E-state index < -0.39 is 0 Å². The van der Waals surface area contributed by atoms with Crippen LogP contribution in [0.25, 0.3) is 16.6 Å². The topological polar surface area (TPSA) is 77.3 Å². The number of hydrogen-bond acceptors (Lipinski definition) is 5. The number of ether oxygens (including phenoxy) is 1. The lowest BCUT2D eigenvalue weighted by Gasteiger charge is -2.12. The summed E-state index contributed by atoms with van der Waals surface area (Å²) in [6.07, 6.45) is 3.31. The molecule has 0 spiro atoms. The van der Waals surface area contributed by atoms with Crippen molar-refractivity contribution in [1.82, 2.24) is 19.7 Å². The standard InChI is InChI=1S/C23H20N4O3/c1-26(2)23(29)17-5-3-7-18(13-17)27-12-10-22(28)21(25-27)15-30-19-8-9-20-16(14-19)6-4-11-24-20/h3-14H,15H2,1-2H3. The normalized spacial score (nSPS) is 10.7. The third-order valence-electron chi connectivity index (χ3n) is 4.59. The summed E-state index contributed by atoms with van der Waals surface area (Å²) < 4.78 is 7.37. The van der Waals surface area contributed by atoms with Crippen molar-refractivity contribution in [3.05, 3.63) is 94.5 Å². The van der Waals surface area contributed by atoms with E-state index in [4.69, 9.17) is 4.74 Å². The van der Waals surface area contributed by atoms with E-state index in [0.717, 1.165) is 10.9 Å².